The summed E-state index contributed by atoms with van der Waals surface area (Å²) >= 11 is 0. The summed E-state index contributed by atoms with van der Waals surface area (Å²) in [5, 5.41) is 0. The van der Waals surface area contributed by atoms with Gasteiger partial charge in [0.1, 0.15) is 0 Å². The summed E-state index contributed by atoms with van der Waals surface area (Å²) in [5.74, 6) is 0. The second kappa shape index (κ2) is 13.5. The zero-order valence-corrected chi connectivity index (χ0v) is 15.6. The van der Waals surface area contributed by atoms with Crippen LogP contribution in [-0.4, -0.2) is 53.6 Å². The third-order valence-electron chi connectivity index (χ3n) is 2.02. The maximum atomic E-state index is 10.7. The van der Waals surface area contributed by atoms with Gasteiger partial charge in [-0.05, 0) is 23.1 Å². The second-order valence-electron chi connectivity index (χ2n) is 5.73. The van der Waals surface area contributed by atoms with E-state index in [4.69, 9.17) is 4.55 Å². The van der Waals surface area contributed by atoms with Gasteiger partial charge in [0.25, 0.3) is 10.1 Å². The average Bonchev–Trinajstić information content (AvgIpc) is 2.30. The predicted octanol–water partition coefficient (Wildman–Crippen LogP) is 5.48. The summed E-state index contributed by atoms with van der Waals surface area (Å²) in [5.41, 5.74) is 1.02. The first-order chi connectivity index (χ1) is 12.2. The van der Waals surface area contributed by atoms with Gasteiger partial charge in [0.2, 0.25) is 0 Å². The molecule has 3 nitrogen and oxygen atoms in total. The number of hydrogen-bond donors (Lipinski definition) is 1. The van der Waals surface area contributed by atoms with E-state index in [9.17, 15) is 60.2 Å². The van der Waals surface area contributed by atoms with Crippen molar-refractivity contribution >= 4 is 50.7 Å². The third-order valence-corrected chi connectivity index (χ3v) is 2.89. The van der Waals surface area contributed by atoms with Crippen LogP contribution in [0.15, 0.2) is 29.2 Å². The molecule has 0 unspecified atom stereocenters. The first-order valence-electron chi connectivity index (χ1n) is 6.91. The Morgan fingerprint density at radius 2 is 0.867 bits per heavy atom. The molecule has 20 heteroatoms. The van der Waals surface area contributed by atoms with Crippen LogP contribution in [0.1, 0.15) is 26.3 Å². The Kier molecular flexibility index (Phi) is 16.4. The summed E-state index contributed by atoms with van der Waals surface area (Å²) in [6.07, 6.45) is 0. The summed E-state index contributed by atoms with van der Waals surface area (Å²) < 4.78 is 147. The van der Waals surface area contributed by atoms with Crippen molar-refractivity contribution in [3.63, 3.8) is 0 Å². The van der Waals surface area contributed by atoms with Crippen molar-refractivity contribution in [2.75, 3.05) is 0 Å². The monoisotopic (exact) mass is 483 g/mol. The molecule has 176 valence electrons. The fraction of sp³-hybridized carbons (Fsp3) is 0.400. The number of rotatable bonds is 1. The van der Waals surface area contributed by atoms with Gasteiger partial charge in [-0.2, -0.15) is 8.42 Å². The van der Waals surface area contributed by atoms with Crippen LogP contribution in [0.5, 0.6) is 0 Å². The van der Waals surface area contributed by atoms with Crippen LogP contribution in [0.2, 0.25) is 0 Å². The van der Waals surface area contributed by atoms with Gasteiger partial charge in [0.05, 0.1) is 4.90 Å². The molecule has 0 saturated carbocycles. The molecule has 0 aliphatic rings. The summed E-state index contributed by atoms with van der Waals surface area (Å²) in [4.78, 5) is -0.0644. The van der Waals surface area contributed by atoms with Gasteiger partial charge >= 0.3 is 40.6 Å². The molecule has 0 amide bonds. The van der Waals surface area contributed by atoms with Crippen LogP contribution in [0, 0.1) is 0 Å². The van der Waals surface area contributed by atoms with Crippen molar-refractivity contribution in [2.45, 2.75) is 31.1 Å². The van der Waals surface area contributed by atoms with Crippen LogP contribution < -0.4 is 0 Å². The van der Waals surface area contributed by atoms with Crippen molar-refractivity contribution in [1.29, 1.82) is 0 Å². The molecule has 0 saturated heterocycles. The molecular formula is C10H15B3F12LiO3S-3. The first kappa shape index (κ1) is 36.5. The predicted molar refractivity (Wildman–Crippen MR) is 92.7 cm³/mol. The zero-order valence-electron chi connectivity index (χ0n) is 14.7. The molecule has 0 radical (unpaired) electrons. The number of halogens is 12. The van der Waals surface area contributed by atoms with E-state index in [1.165, 1.54) is 12.1 Å². The Bertz CT molecular complexity index is 637. The van der Waals surface area contributed by atoms with Crippen molar-refractivity contribution < 1.29 is 64.8 Å². The van der Waals surface area contributed by atoms with Crippen molar-refractivity contribution in [3.05, 3.63) is 29.8 Å². The summed E-state index contributed by atoms with van der Waals surface area (Å²) in [6.45, 7) is 6.11. The Morgan fingerprint density at radius 3 is 1.00 bits per heavy atom. The van der Waals surface area contributed by atoms with E-state index in [1.807, 2.05) is 20.8 Å². The molecule has 0 spiro atoms. The number of benzene rings is 1. The van der Waals surface area contributed by atoms with Gasteiger partial charge < -0.3 is 51.8 Å². The molecule has 1 rings (SSSR count). The fourth-order valence-electron chi connectivity index (χ4n) is 1.13. The average molecular weight is 483 g/mol. The molecule has 0 aromatic heterocycles. The topological polar surface area (TPSA) is 54.4 Å². The zero-order chi connectivity index (χ0) is 24.5. The van der Waals surface area contributed by atoms with Crippen molar-refractivity contribution in [1.82, 2.24) is 0 Å². The first-order valence-corrected chi connectivity index (χ1v) is 8.35. The quantitative estimate of drug-likeness (QED) is 0.328. The Balaban J connectivity index is -0.000000176. The molecule has 0 fully saturated rings. The van der Waals surface area contributed by atoms with Gasteiger partial charge in [-0.3, -0.25) is 4.55 Å². The van der Waals surface area contributed by atoms with Crippen LogP contribution in [0.25, 0.3) is 0 Å². The van der Waals surface area contributed by atoms with E-state index in [0.717, 1.165) is 5.56 Å². The molecule has 1 N–H and O–H groups in total. The molecule has 30 heavy (non-hydrogen) atoms. The van der Waals surface area contributed by atoms with Gasteiger partial charge in [-0.25, -0.2) is 0 Å². The van der Waals surface area contributed by atoms with Crippen LogP contribution in [0.3, 0.4) is 0 Å². The van der Waals surface area contributed by atoms with Gasteiger partial charge in [-0.1, -0.05) is 32.9 Å². The van der Waals surface area contributed by atoms with E-state index in [0.29, 0.717) is 0 Å². The van der Waals surface area contributed by atoms with Crippen molar-refractivity contribution in [2.24, 2.45) is 0 Å². The van der Waals surface area contributed by atoms with E-state index < -0.39 is 31.9 Å². The standard InChI is InChI=1S/C10H14O3S.3BF4.Li.H/c1-10(2,3)8-4-6-9(7-5-8)14(11,12)13;3*2-1(3,4)5;;/h4-7H,1-3H3,(H,11,12,13);;;;;/q;3*-1;;. The molecule has 0 aliphatic heterocycles. The van der Waals surface area contributed by atoms with Crippen molar-refractivity contribution in [3.8, 4) is 0 Å². The molecule has 0 bridgehead atoms. The van der Waals surface area contributed by atoms with E-state index in [2.05, 4.69) is 0 Å². The summed E-state index contributed by atoms with van der Waals surface area (Å²) in [7, 11) is -22.1. The Labute approximate surface area is 176 Å². The molecule has 0 aliphatic carbocycles. The minimum atomic E-state index is -6.00. The fourth-order valence-corrected chi connectivity index (χ4v) is 1.61. The molecular weight excluding hydrogens is 468 g/mol. The van der Waals surface area contributed by atoms with Crippen LogP contribution in [0.4, 0.5) is 51.8 Å². The van der Waals surface area contributed by atoms with Crippen LogP contribution >= 0.6 is 0 Å². The van der Waals surface area contributed by atoms with E-state index >= 15 is 0 Å². The second-order valence-corrected chi connectivity index (χ2v) is 7.16. The Hall–Kier alpha value is -0.918. The Morgan fingerprint density at radius 1 is 0.667 bits per heavy atom. The SMILES string of the molecule is CC(C)(C)c1ccc(S(=O)(=O)O)cc1.F[B-](F)(F)F.F[B-](F)(F)F.F[B-](F)(F)F.[LiH]. The molecule has 1 aromatic carbocycles. The molecule has 0 heterocycles. The molecule has 1 aromatic rings. The van der Waals surface area contributed by atoms with Gasteiger partial charge in [-0.15, -0.1) is 0 Å². The number of hydrogen-bond acceptors (Lipinski definition) is 2. The van der Waals surface area contributed by atoms with E-state index in [1.54, 1.807) is 12.1 Å². The van der Waals surface area contributed by atoms with Gasteiger partial charge in [0.15, 0.2) is 0 Å². The minimum absolute atomic E-state index is 0. The molecule has 0 atom stereocenters. The third kappa shape index (κ3) is 41.5. The van der Waals surface area contributed by atoms with Gasteiger partial charge in [0, 0.05) is 0 Å². The normalized spacial score (nSPS) is 12.0. The maximum absolute atomic E-state index is 10.7. The summed E-state index contributed by atoms with van der Waals surface area (Å²) in [6, 6.07) is 6.25. The van der Waals surface area contributed by atoms with E-state index in [-0.39, 0.29) is 29.2 Å². The van der Waals surface area contributed by atoms with Crippen LogP contribution in [-0.2, 0) is 15.5 Å².